The second-order valence-corrected chi connectivity index (χ2v) is 5.08. The monoisotopic (exact) mass is 266 g/mol. The summed E-state index contributed by atoms with van der Waals surface area (Å²) in [7, 11) is 0. The van der Waals surface area contributed by atoms with E-state index in [0.717, 1.165) is 19.6 Å². The van der Waals surface area contributed by atoms with E-state index in [0.29, 0.717) is 16.6 Å². The molecule has 18 heavy (non-hydrogen) atoms. The summed E-state index contributed by atoms with van der Waals surface area (Å²) in [6, 6.07) is 7.54. The normalized spacial score (nSPS) is 20.0. The van der Waals surface area contributed by atoms with Crippen molar-refractivity contribution in [3.05, 3.63) is 34.9 Å². The first-order valence-electron chi connectivity index (χ1n) is 6.48. The summed E-state index contributed by atoms with van der Waals surface area (Å²) in [6.45, 7) is 5.09. The predicted octanol–water partition coefficient (Wildman–Crippen LogP) is 2.55. The van der Waals surface area contributed by atoms with Crippen LogP contribution in [-0.4, -0.2) is 36.5 Å². The largest absolute Gasteiger partial charge is 0.350 e. The van der Waals surface area contributed by atoms with Crippen LogP contribution in [0.3, 0.4) is 0 Å². The number of likely N-dealkylation sites (tertiary alicyclic amines) is 1. The number of amides is 1. The first-order valence-corrected chi connectivity index (χ1v) is 6.86. The van der Waals surface area contributed by atoms with Gasteiger partial charge in [0.2, 0.25) is 0 Å². The molecule has 4 heteroatoms. The number of halogens is 1. The van der Waals surface area contributed by atoms with E-state index in [1.54, 1.807) is 24.3 Å². The van der Waals surface area contributed by atoms with Gasteiger partial charge in [-0.15, -0.1) is 0 Å². The molecule has 1 fully saturated rings. The average Bonchev–Trinajstić information content (AvgIpc) is 2.83. The van der Waals surface area contributed by atoms with Gasteiger partial charge in [-0.05, 0) is 44.1 Å². The molecule has 0 unspecified atom stereocenters. The minimum Gasteiger partial charge on any atom is -0.350 e. The van der Waals surface area contributed by atoms with Crippen molar-refractivity contribution in [1.82, 2.24) is 10.2 Å². The first-order chi connectivity index (χ1) is 8.70. The quantitative estimate of drug-likeness (QED) is 0.908. The summed E-state index contributed by atoms with van der Waals surface area (Å²) in [5.74, 6) is -0.0412. The summed E-state index contributed by atoms with van der Waals surface area (Å²) in [5.41, 5.74) is 0.628. The molecule has 1 atom stereocenters. The fraction of sp³-hybridized carbons (Fsp3) is 0.500. The molecule has 1 aromatic rings. The number of nitrogens with zero attached hydrogens (tertiary/aromatic N) is 1. The Hall–Kier alpha value is -1.06. The van der Waals surface area contributed by atoms with Gasteiger partial charge < -0.3 is 5.32 Å². The smallest absolute Gasteiger partial charge is 0.251 e. The molecule has 98 valence electrons. The van der Waals surface area contributed by atoms with Gasteiger partial charge in [-0.25, -0.2) is 0 Å². The van der Waals surface area contributed by atoms with Crippen molar-refractivity contribution in [2.75, 3.05) is 19.6 Å². The lowest BCUT2D eigenvalue weighted by atomic mass is 10.2. The molecule has 0 aromatic heterocycles. The van der Waals surface area contributed by atoms with E-state index in [2.05, 4.69) is 17.1 Å². The van der Waals surface area contributed by atoms with Crippen molar-refractivity contribution in [3.63, 3.8) is 0 Å². The first kappa shape index (κ1) is 13.4. The number of benzene rings is 1. The summed E-state index contributed by atoms with van der Waals surface area (Å²) < 4.78 is 0. The van der Waals surface area contributed by atoms with E-state index < -0.39 is 0 Å². The number of hydrogen-bond donors (Lipinski definition) is 1. The Kier molecular flexibility index (Phi) is 4.61. The van der Waals surface area contributed by atoms with E-state index in [9.17, 15) is 4.79 Å². The summed E-state index contributed by atoms with van der Waals surface area (Å²) in [6.07, 6.45) is 2.40. The minimum atomic E-state index is -0.0412. The molecule has 3 nitrogen and oxygen atoms in total. The fourth-order valence-corrected chi connectivity index (χ4v) is 2.68. The Balaban J connectivity index is 1.88. The van der Waals surface area contributed by atoms with Crippen LogP contribution in [0.1, 0.15) is 30.1 Å². The average molecular weight is 267 g/mol. The second kappa shape index (κ2) is 6.21. The number of carbonyl (C=O) groups is 1. The zero-order valence-corrected chi connectivity index (χ0v) is 11.4. The molecule has 0 saturated carbocycles. The Morgan fingerprint density at radius 1 is 1.56 bits per heavy atom. The molecule has 1 saturated heterocycles. The van der Waals surface area contributed by atoms with Crippen LogP contribution in [0.15, 0.2) is 24.3 Å². The summed E-state index contributed by atoms with van der Waals surface area (Å²) in [5, 5.41) is 3.59. The van der Waals surface area contributed by atoms with Gasteiger partial charge in [0.15, 0.2) is 0 Å². The van der Waals surface area contributed by atoms with E-state index in [1.807, 2.05) is 0 Å². The molecule has 0 spiro atoms. The number of carbonyl (C=O) groups excluding carboxylic acids is 1. The van der Waals surface area contributed by atoms with Gasteiger partial charge in [0.1, 0.15) is 0 Å². The fourth-order valence-electron chi connectivity index (χ4n) is 2.48. The van der Waals surface area contributed by atoms with Crippen LogP contribution in [0, 0.1) is 0 Å². The Labute approximate surface area is 113 Å². The van der Waals surface area contributed by atoms with Crippen LogP contribution in [-0.2, 0) is 0 Å². The van der Waals surface area contributed by atoms with Crippen LogP contribution in [0.2, 0.25) is 5.02 Å². The highest BCUT2D eigenvalue weighted by atomic mass is 35.5. The molecule has 1 amide bonds. The topological polar surface area (TPSA) is 32.3 Å². The van der Waals surface area contributed by atoms with Crippen LogP contribution in [0.4, 0.5) is 0 Å². The molecule has 2 rings (SSSR count). The third-order valence-corrected chi connectivity index (χ3v) is 3.73. The number of nitrogens with one attached hydrogen (secondary N) is 1. The molecule has 0 radical (unpaired) electrons. The van der Waals surface area contributed by atoms with Crippen molar-refractivity contribution >= 4 is 17.5 Å². The Morgan fingerprint density at radius 3 is 3.11 bits per heavy atom. The highest BCUT2D eigenvalue weighted by Gasteiger charge is 2.23. The summed E-state index contributed by atoms with van der Waals surface area (Å²) >= 11 is 5.87. The van der Waals surface area contributed by atoms with Crippen LogP contribution in [0.5, 0.6) is 0 Å². The lowest BCUT2D eigenvalue weighted by molar-refractivity contribution is 0.0941. The van der Waals surface area contributed by atoms with Crippen molar-refractivity contribution in [2.45, 2.75) is 25.8 Å². The highest BCUT2D eigenvalue weighted by molar-refractivity contribution is 6.30. The molecule has 1 heterocycles. The van der Waals surface area contributed by atoms with Gasteiger partial charge in [-0.2, -0.15) is 0 Å². The van der Waals surface area contributed by atoms with Crippen molar-refractivity contribution in [3.8, 4) is 0 Å². The number of likely N-dealkylation sites (N-methyl/N-ethyl adjacent to an activating group) is 1. The summed E-state index contributed by atoms with van der Waals surface area (Å²) in [4.78, 5) is 14.4. The standard InChI is InChI=1S/C14H19ClN2O/c1-2-17-8-4-7-13(17)10-16-14(18)11-5-3-6-12(15)9-11/h3,5-6,9,13H,2,4,7-8,10H2,1H3,(H,16,18)/t13-/m1/s1. The number of hydrogen-bond acceptors (Lipinski definition) is 2. The molecule has 0 bridgehead atoms. The van der Waals surface area contributed by atoms with Gasteiger partial charge in [-0.1, -0.05) is 24.6 Å². The second-order valence-electron chi connectivity index (χ2n) is 4.65. The lowest BCUT2D eigenvalue weighted by Gasteiger charge is -2.22. The Bertz CT molecular complexity index is 422. The van der Waals surface area contributed by atoms with E-state index in [4.69, 9.17) is 11.6 Å². The molecule has 1 aliphatic rings. The van der Waals surface area contributed by atoms with Crippen LogP contribution >= 0.6 is 11.6 Å². The number of rotatable bonds is 4. The predicted molar refractivity (Wildman–Crippen MR) is 74.1 cm³/mol. The van der Waals surface area contributed by atoms with Gasteiger partial charge in [0, 0.05) is 23.2 Å². The zero-order valence-electron chi connectivity index (χ0n) is 10.7. The third kappa shape index (κ3) is 3.24. The Morgan fingerprint density at radius 2 is 2.39 bits per heavy atom. The molecule has 1 N–H and O–H groups in total. The maximum absolute atomic E-state index is 12.0. The van der Waals surface area contributed by atoms with Crippen LogP contribution in [0.25, 0.3) is 0 Å². The van der Waals surface area contributed by atoms with Gasteiger partial charge in [0.25, 0.3) is 5.91 Å². The maximum Gasteiger partial charge on any atom is 0.251 e. The third-order valence-electron chi connectivity index (χ3n) is 3.49. The molecule has 1 aliphatic heterocycles. The molecular formula is C14H19ClN2O. The van der Waals surface area contributed by atoms with Crippen molar-refractivity contribution in [2.24, 2.45) is 0 Å². The van der Waals surface area contributed by atoms with E-state index in [-0.39, 0.29) is 5.91 Å². The van der Waals surface area contributed by atoms with Crippen molar-refractivity contribution < 1.29 is 4.79 Å². The maximum atomic E-state index is 12.0. The molecule has 1 aromatic carbocycles. The van der Waals surface area contributed by atoms with Gasteiger partial charge in [-0.3, -0.25) is 9.69 Å². The van der Waals surface area contributed by atoms with Crippen LogP contribution < -0.4 is 5.32 Å². The zero-order chi connectivity index (χ0) is 13.0. The lowest BCUT2D eigenvalue weighted by Crippen LogP contribution is -2.40. The highest BCUT2D eigenvalue weighted by Crippen LogP contribution is 2.16. The van der Waals surface area contributed by atoms with E-state index >= 15 is 0 Å². The molecule has 0 aliphatic carbocycles. The van der Waals surface area contributed by atoms with Crippen molar-refractivity contribution in [1.29, 1.82) is 0 Å². The SMILES string of the molecule is CCN1CCC[C@@H]1CNC(=O)c1cccc(Cl)c1. The van der Waals surface area contributed by atoms with Gasteiger partial charge in [0.05, 0.1) is 0 Å². The minimum absolute atomic E-state index is 0.0412. The molecular weight excluding hydrogens is 248 g/mol. The van der Waals surface area contributed by atoms with Gasteiger partial charge >= 0.3 is 0 Å². The van der Waals surface area contributed by atoms with E-state index in [1.165, 1.54) is 12.8 Å².